The number of tetrazole rings is 1. The SMILES string of the molecule is CCCCc1nc(Cl)c(C=O)n1Cc1ccc(-c2ccccc2-c2nnn(C)n2)cc1. The van der Waals surface area contributed by atoms with Gasteiger partial charge in [0, 0.05) is 18.5 Å². The van der Waals surface area contributed by atoms with Crippen molar-refractivity contribution in [3.63, 3.8) is 0 Å². The standard InChI is InChI=1S/C23H23ClN6O/c1-3-4-9-21-25-22(24)20(15-31)30(21)14-16-10-12-17(13-11-16)18-7-5-6-8-19(18)23-26-28-29(2)27-23/h5-8,10-13,15H,3-4,9,14H2,1-2H3. The minimum Gasteiger partial charge on any atom is -0.320 e. The molecule has 2 heterocycles. The first-order valence-electron chi connectivity index (χ1n) is 10.2. The van der Waals surface area contributed by atoms with Gasteiger partial charge in [0.15, 0.2) is 11.4 Å². The summed E-state index contributed by atoms with van der Waals surface area (Å²) in [6.45, 7) is 2.67. The Bertz CT molecular complexity index is 1200. The van der Waals surface area contributed by atoms with Gasteiger partial charge in [-0.05, 0) is 28.3 Å². The average Bonchev–Trinajstić information content (AvgIpc) is 3.35. The van der Waals surface area contributed by atoms with Crippen molar-refractivity contribution in [2.75, 3.05) is 0 Å². The minimum atomic E-state index is 0.267. The van der Waals surface area contributed by atoms with Crippen molar-refractivity contribution >= 4 is 17.9 Å². The highest BCUT2D eigenvalue weighted by molar-refractivity contribution is 6.31. The summed E-state index contributed by atoms with van der Waals surface area (Å²) >= 11 is 6.20. The molecule has 0 amide bonds. The third-order valence-corrected chi connectivity index (χ3v) is 5.47. The molecule has 0 N–H and O–H groups in total. The molecular weight excluding hydrogens is 412 g/mol. The molecule has 0 saturated carbocycles. The summed E-state index contributed by atoms with van der Waals surface area (Å²) < 4.78 is 1.91. The summed E-state index contributed by atoms with van der Waals surface area (Å²) in [5, 5.41) is 12.7. The van der Waals surface area contributed by atoms with Crippen molar-refractivity contribution in [2.45, 2.75) is 32.7 Å². The van der Waals surface area contributed by atoms with Gasteiger partial charge >= 0.3 is 0 Å². The normalized spacial score (nSPS) is 11.1. The Morgan fingerprint density at radius 2 is 1.81 bits per heavy atom. The van der Waals surface area contributed by atoms with Crippen LogP contribution < -0.4 is 0 Å². The Kier molecular flexibility index (Phi) is 6.23. The van der Waals surface area contributed by atoms with Gasteiger partial charge in [0.1, 0.15) is 11.5 Å². The summed E-state index contributed by atoms with van der Waals surface area (Å²) in [5.74, 6) is 1.43. The molecule has 31 heavy (non-hydrogen) atoms. The lowest BCUT2D eigenvalue weighted by Gasteiger charge is -2.11. The number of halogens is 1. The van der Waals surface area contributed by atoms with E-state index in [4.69, 9.17) is 11.6 Å². The van der Waals surface area contributed by atoms with Crippen LogP contribution in [-0.2, 0) is 20.0 Å². The Morgan fingerprint density at radius 1 is 1.06 bits per heavy atom. The van der Waals surface area contributed by atoms with Crippen molar-refractivity contribution < 1.29 is 4.79 Å². The lowest BCUT2D eigenvalue weighted by atomic mass is 9.98. The topological polar surface area (TPSA) is 78.5 Å². The molecule has 0 spiro atoms. The zero-order chi connectivity index (χ0) is 21.8. The van der Waals surface area contributed by atoms with Crippen LogP contribution in [-0.4, -0.2) is 36.0 Å². The molecule has 0 aliphatic rings. The van der Waals surface area contributed by atoms with E-state index >= 15 is 0 Å². The van der Waals surface area contributed by atoms with Gasteiger partial charge in [-0.15, -0.1) is 10.2 Å². The molecule has 0 bridgehead atoms. The fraction of sp³-hybridized carbons (Fsp3) is 0.261. The van der Waals surface area contributed by atoms with Gasteiger partial charge in [-0.3, -0.25) is 4.79 Å². The number of carbonyl (C=O) groups excluding carboxylic acids is 1. The number of benzene rings is 2. The lowest BCUT2D eigenvalue weighted by Crippen LogP contribution is -2.08. The number of unbranched alkanes of at least 4 members (excludes halogenated alkanes) is 1. The predicted octanol–water partition coefficient (Wildman–Crippen LogP) is 4.60. The van der Waals surface area contributed by atoms with Crippen molar-refractivity contribution in [3.8, 4) is 22.5 Å². The first-order valence-corrected chi connectivity index (χ1v) is 10.6. The van der Waals surface area contributed by atoms with Crippen LogP contribution in [0.25, 0.3) is 22.5 Å². The van der Waals surface area contributed by atoms with Crippen molar-refractivity contribution in [2.24, 2.45) is 7.05 Å². The number of carbonyl (C=O) groups is 1. The second-order valence-corrected chi connectivity index (χ2v) is 7.71. The molecule has 4 rings (SSSR count). The molecule has 0 unspecified atom stereocenters. The van der Waals surface area contributed by atoms with E-state index in [1.807, 2.05) is 28.8 Å². The molecule has 0 aliphatic heterocycles. The minimum absolute atomic E-state index is 0.267. The van der Waals surface area contributed by atoms with Crippen LogP contribution in [0.5, 0.6) is 0 Å². The first-order chi connectivity index (χ1) is 15.1. The van der Waals surface area contributed by atoms with Gasteiger partial charge in [-0.1, -0.05) is 73.5 Å². The average molecular weight is 435 g/mol. The van der Waals surface area contributed by atoms with Crippen molar-refractivity contribution in [1.82, 2.24) is 29.8 Å². The number of aldehydes is 1. The number of imidazole rings is 1. The molecular formula is C23H23ClN6O. The van der Waals surface area contributed by atoms with E-state index in [1.54, 1.807) is 7.05 Å². The molecule has 7 nitrogen and oxygen atoms in total. The first kappa shape index (κ1) is 20.9. The molecule has 2 aromatic carbocycles. The van der Waals surface area contributed by atoms with Crippen molar-refractivity contribution in [3.05, 3.63) is 70.8 Å². The Morgan fingerprint density at radius 3 is 2.45 bits per heavy atom. The van der Waals surface area contributed by atoms with E-state index in [0.717, 1.165) is 53.6 Å². The molecule has 4 aromatic rings. The van der Waals surface area contributed by atoms with Crippen LogP contribution in [0.1, 0.15) is 41.6 Å². The number of hydrogen-bond acceptors (Lipinski definition) is 5. The molecule has 0 fully saturated rings. The fourth-order valence-electron chi connectivity index (χ4n) is 3.59. The van der Waals surface area contributed by atoms with Crippen LogP contribution in [0.15, 0.2) is 48.5 Å². The van der Waals surface area contributed by atoms with Crippen LogP contribution in [0.3, 0.4) is 0 Å². The number of aromatic nitrogens is 6. The van der Waals surface area contributed by atoms with Gasteiger partial charge in [0.2, 0.25) is 5.82 Å². The molecule has 158 valence electrons. The second kappa shape index (κ2) is 9.22. The number of nitrogens with zero attached hydrogens (tertiary/aromatic N) is 6. The lowest BCUT2D eigenvalue weighted by molar-refractivity contribution is 0.111. The second-order valence-electron chi connectivity index (χ2n) is 7.36. The number of rotatable bonds is 8. The molecule has 0 aliphatic carbocycles. The maximum Gasteiger partial charge on any atom is 0.205 e. The number of aryl methyl sites for hydroxylation is 2. The van der Waals surface area contributed by atoms with Gasteiger partial charge in [-0.25, -0.2) is 4.98 Å². The van der Waals surface area contributed by atoms with Gasteiger partial charge in [0.25, 0.3) is 0 Å². The van der Waals surface area contributed by atoms with Crippen LogP contribution in [0.4, 0.5) is 0 Å². The summed E-state index contributed by atoms with van der Waals surface area (Å²) in [7, 11) is 1.75. The highest BCUT2D eigenvalue weighted by Crippen LogP contribution is 2.30. The number of hydrogen-bond donors (Lipinski definition) is 0. The Balaban J connectivity index is 1.63. The highest BCUT2D eigenvalue weighted by atomic mass is 35.5. The van der Waals surface area contributed by atoms with Crippen LogP contribution >= 0.6 is 11.6 Å². The maximum absolute atomic E-state index is 11.6. The molecule has 0 radical (unpaired) electrons. The summed E-state index contributed by atoms with van der Waals surface area (Å²) in [6.07, 6.45) is 3.62. The van der Waals surface area contributed by atoms with E-state index in [0.29, 0.717) is 18.1 Å². The Hall–Kier alpha value is -3.32. The van der Waals surface area contributed by atoms with E-state index in [9.17, 15) is 4.79 Å². The largest absolute Gasteiger partial charge is 0.320 e. The third-order valence-electron chi connectivity index (χ3n) is 5.19. The quantitative estimate of drug-likeness (QED) is 0.379. The van der Waals surface area contributed by atoms with Crippen LogP contribution in [0, 0.1) is 0 Å². The van der Waals surface area contributed by atoms with Gasteiger partial charge in [-0.2, -0.15) is 4.80 Å². The summed E-state index contributed by atoms with van der Waals surface area (Å²) in [6, 6.07) is 16.2. The van der Waals surface area contributed by atoms with Crippen molar-refractivity contribution in [1.29, 1.82) is 0 Å². The zero-order valence-corrected chi connectivity index (χ0v) is 18.3. The van der Waals surface area contributed by atoms with E-state index < -0.39 is 0 Å². The third kappa shape index (κ3) is 4.41. The predicted molar refractivity (Wildman–Crippen MR) is 120 cm³/mol. The van der Waals surface area contributed by atoms with E-state index in [2.05, 4.69) is 51.6 Å². The maximum atomic E-state index is 11.6. The molecule has 8 heteroatoms. The monoisotopic (exact) mass is 434 g/mol. The van der Waals surface area contributed by atoms with E-state index in [-0.39, 0.29) is 5.15 Å². The molecule has 0 saturated heterocycles. The molecule has 2 aromatic heterocycles. The van der Waals surface area contributed by atoms with Crippen LogP contribution in [0.2, 0.25) is 5.15 Å². The fourth-order valence-corrected chi connectivity index (χ4v) is 3.83. The summed E-state index contributed by atoms with van der Waals surface area (Å²) in [4.78, 5) is 17.4. The zero-order valence-electron chi connectivity index (χ0n) is 17.5. The Labute approximate surface area is 185 Å². The van der Waals surface area contributed by atoms with E-state index in [1.165, 1.54) is 4.80 Å². The molecule has 0 atom stereocenters. The summed E-state index contributed by atoms with van der Waals surface area (Å²) in [5.41, 5.74) is 4.50. The highest BCUT2D eigenvalue weighted by Gasteiger charge is 2.16. The van der Waals surface area contributed by atoms with Gasteiger partial charge < -0.3 is 4.57 Å². The van der Waals surface area contributed by atoms with Gasteiger partial charge in [0.05, 0.1) is 7.05 Å². The smallest absolute Gasteiger partial charge is 0.205 e.